The third-order valence-corrected chi connectivity index (χ3v) is 3.80. The van der Waals surface area contributed by atoms with E-state index in [1.165, 1.54) is 38.8 Å². The molecule has 1 nitrogen and oxygen atoms in total. The average molecular weight is 167 g/mol. The Balaban J connectivity index is 1.92. The zero-order chi connectivity index (χ0) is 8.55. The molecule has 0 N–H and O–H groups in total. The summed E-state index contributed by atoms with van der Waals surface area (Å²) in [6.45, 7) is 7.54. The van der Waals surface area contributed by atoms with Crippen molar-refractivity contribution in [2.75, 3.05) is 13.1 Å². The van der Waals surface area contributed by atoms with Crippen molar-refractivity contribution >= 4 is 0 Å². The van der Waals surface area contributed by atoms with E-state index in [0.717, 1.165) is 17.9 Å². The molecule has 2 aliphatic rings. The van der Waals surface area contributed by atoms with Gasteiger partial charge in [-0.05, 0) is 50.6 Å². The quantitative estimate of drug-likeness (QED) is 0.580. The highest BCUT2D eigenvalue weighted by molar-refractivity contribution is 4.86. The summed E-state index contributed by atoms with van der Waals surface area (Å²) in [5.74, 6) is 1.93. The average Bonchev–Trinajstić information content (AvgIpc) is 2.49. The Bertz CT molecular complexity index is 153. The highest BCUT2D eigenvalue weighted by Gasteiger charge is 2.32. The van der Waals surface area contributed by atoms with Gasteiger partial charge >= 0.3 is 0 Å². The van der Waals surface area contributed by atoms with E-state index in [2.05, 4.69) is 18.7 Å². The topological polar surface area (TPSA) is 3.24 Å². The maximum atomic E-state index is 2.71. The molecular weight excluding hydrogens is 146 g/mol. The number of nitrogens with zero attached hydrogens (tertiary/aromatic N) is 1. The second-order valence-electron chi connectivity index (χ2n) is 4.86. The van der Waals surface area contributed by atoms with Gasteiger partial charge in [0.1, 0.15) is 0 Å². The minimum absolute atomic E-state index is 0.910. The van der Waals surface area contributed by atoms with Crippen molar-refractivity contribution in [1.82, 2.24) is 4.90 Å². The Morgan fingerprint density at radius 3 is 2.75 bits per heavy atom. The first kappa shape index (κ1) is 8.55. The number of hydrogen-bond donors (Lipinski definition) is 0. The van der Waals surface area contributed by atoms with Crippen LogP contribution in [0.2, 0.25) is 0 Å². The van der Waals surface area contributed by atoms with Gasteiger partial charge in [0.05, 0.1) is 0 Å². The summed E-state index contributed by atoms with van der Waals surface area (Å²) in [6, 6.07) is 0.964. The number of hydrogen-bond acceptors (Lipinski definition) is 1. The van der Waals surface area contributed by atoms with Crippen molar-refractivity contribution in [3.05, 3.63) is 0 Å². The molecule has 2 fully saturated rings. The fourth-order valence-corrected chi connectivity index (χ4v) is 2.86. The lowest BCUT2D eigenvalue weighted by Crippen LogP contribution is -2.39. The minimum atomic E-state index is 0.910. The lowest BCUT2D eigenvalue weighted by atomic mass is 9.83. The molecule has 1 heteroatoms. The molecule has 12 heavy (non-hydrogen) atoms. The Morgan fingerprint density at radius 2 is 2.00 bits per heavy atom. The van der Waals surface area contributed by atoms with Gasteiger partial charge in [-0.3, -0.25) is 0 Å². The molecule has 2 saturated heterocycles. The number of fused-ring (bicyclic) bond motifs is 1. The number of rotatable bonds is 1. The normalized spacial score (nSPS) is 37.2. The second kappa shape index (κ2) is 3.37. The standard InChI is InChI=1S/C11H21N/c1-9(2)10-5-7-12-6-3-4-11(12)8-10/h9-11H,3-8H2,1-2H3. The van der Waals surface area contributed by atoms with Gasteiger partial charge in [-0.15, -0.1) is 0 Å². The predicted octanol–water partition coefficient (Wildman–Crippen LogP) is 2.52. The van der Waals surface area contributed by atoms with Crippen molar-refractivity contribution in [3.63, 3.8) is 0 Å². The van der Waals surface area contributed by atoms with Crippen molar-refractivity contribution in [1.29, 1.82) is 0 Å². The SMILES string of the molecule is CC(C)C1CCN2CCCC2C1. The van der Waals surface area contributed by atoms with E-state index in [1.807, 2.05) is 0 Å². The van der Waals surface area contributed by atoms with Crippen LogP contribution in [0.25, 0.3) is 0 Å². The summed E-state index contributed by atoms with van der Waals surface area (Å²) >= 11 is 0. The summed E-state index contributed by atoms with van der Waals surface area (Å²) in [4.78, 5) is 2.71. The summed E-state index contributed by atoms with van der Waals surface area (Å²) in [5, 5.41) is 0. The zero-order valence-electron chi connectivity index (χ0n) is 8.42. The molecule has 2 heterocycles. The molecule has 2 aliphatic heterocycles. The van der Waals surface area contributed by atoms with Crippen LogP contribution >= 0.6 is 0 Å². The van der Waals surface area contributed by atoms with Crippen LogP contribution < -0.4 is 0 Å². The third-order valence-electron chi connectivity index (χ3n) is 3.80. The van der Waals surface area contributed by atoms with Gasteiger partial charge in [0.15, 0.2) is 0 Å². The fourth-order valence-electron chi connectivity index (χ4n) is 2.86. The monoisotopic (exact) mass is 167 g/mol. The van der Waals surface area contributed by atoms with Gasteiger partial charge < -0.3 is 4.90 Å². The van der Waals surface area contributed by atoms with Crippen LogP contribution in [0.5, 0.6) is 0 Å². The van der Waals surface area contributed by atoms with Gasteiger partial charge in [0, 0.05) is 6.04 Å². The molecule has 2 unspecified atom stereocenters. The Labute approximate surface area is 76.1 Å². The molecule has 0 aromatic rings. The first-order chi connectivity index (χ1) is 5.77. The van der Waals surface area contributed by atoms with Crippen molar-refractivity contribution in [2.45, 2.75) is 45.6 Å². The van der Waals surface area contributed by atoms with Crippen LogP contribution in [0.4, 0.5) is 0 Å². The molecule has 0 bridgehead atoms. The summed E-state index contributed by atoms with van der Waals surface area (Å²) in [5.41, 5.74) is 0. The smallest absolute Gasteiger partial charge is 0.00984 e. The van der Waals surface area contributed by atoms with Crippen LogP contribution in [-0.2, 0) is 0 Å². The first-order valence-corrected chi connectivity index (χ1v) is 5.51. The molecule has 0 saturated carbocycles. The maximum Gasteiger partial charge on any atom is 0.00984 e. The van der Waals surface area contributed by atoms with E-state index in [-0.39, 0.29) is 0 Å². The zero-order valence-corrected chi connectivity index (χ0v) is 8.42. The van der Waals surface area contributed by atoms with Gasteiger partial charge in [-0.25, -0.2) is 0 Å². The lowest BCUT2D eigenvalue weighted by molar-refractivity contribution is 0.128. The fraction of sp³-hybridized carbons (Fsp3) is 1.00. The van der Waals surface area contributed by atoms with Gasteiger partial charge in [-0.1, -0.05) is 13.8 Å². The molecule has 70 valence electrons. The first-order valence-electron chi connectivity index (χ1n) is 5.51. The molecule has 0 aromatic heterocycles. The summed E-state index contributed by atoms with van der Waals surface area (Å²) in [6.07, 6.45) is 5.87. The molecule has 0 radical (unpaired) electrons. The summed E-state index contributed by atoms with van der Waals surface area (Å²) in [7, 11) is 0. The molecule has 0 spiro atoms. The van der Waals surface area contributed by atoms with Crippen molar-refractivity contribution in [2.24, 2.45) is 11.8 Å². The van der Waals surface area contributed by atoms with Gasteiger partial charge in [-0.2, -0.15) is 0 Å². The highest BCUT2D eigenvalue weighted by atomic mass is 15.2. The third kappa shape index (κ3) is 1.52. The van der Waals surface area contributed by atoms with Crippen LogP contribution in [-0.4, -0.2) is 24.0 Å². The van der Waals surface area contributed by atoms with E-state index in [1.54, 1.807) is 0 Å². The van der Waals surface area contributed by atoms with E-state index in [0.29, 0.717) is 0 Å². The molecule has 0 aliphatic carbocycles. The van der Waals surface area contributed by atoms with Crippen LogP contribution in [0.15, 0.2) is 0 Å². The molecule has 2 rings (SSSR count). The minimum Gasteiger partial charge on any atom is -0.300 e. The van der Waals surface area contributed by atoms with Gasteiger partial charge in [0.2, 0.25) is 0 Å². The van der Waals surface area contributed by atoms with Crippen LogP contribution in [0.1, 0.15) is 39.5 Å². The van der Waals surface area contributed by atoms with Crippen molar-refractivity contribution < 1.29 is 0 Å². The van der Waals surface area contributed by atoms with E-state index < -0.39 is 0 Å². The largest absolute Gasteiger partial charge is 0.300 e. The Kier molecular flexibility index (Phi) is 2.40. The molecular formula is C11H21N. The predicted molar refractivity (Wildman–Crippen MR) is 52.2 cm³/mol. The molecule has 0 aromatic carbocycles. The van der Waals surface area contributed by atoms with Crippen molar-refractivity contribution in [3.8, 4) is 0 Å². The van der Waals surface area contributed by atoms with Crippen LogP contribution in [0.3, 0.4) is 0 Å². The van der Waals surface area contributed by atoms with E-state index >= 15 is 0 Å². The maximum absolute atomic E-state index is 2.71. The summed E-state index contributed by atoms with van der Waals surface area (Å²) < 4.78 is 0. The van der Waals surface area contributed by atoms with Gasteiger partial charge in [0.25, 0.3) is 0 Å². The lowest BCUT2D eigenvalue weighted by Gasteiger charge is -2.36. The van der Waals surface area contributed by atoms with Crippen LogP contribution in [0, 0.1) is 11.8 Å². The molecule has 2 atom stereocenters. The molecule has 0 amide bonds. The number of piperidine rings is 1. The van der Waals surface area contributed by atoms with E-state index in [9.17, 15) is 0 Å². The second-order valence-corrected chi connectivity index (χ2v) is 4.86. The Morgan fingerprint density at radius 1 is 1.17 bits per heavy atom. The van der Waals surface area contributed by atoms with E-state index in [4.69, 9.17) is 0 Å². The Hall–Kier alpha value is -0.0400. The highest BCUT2D eigenvalue weighted by Crippen LogP contribution is 2.33.